The third-order valence-corrected chi connectivity index (χ3v) is 2.60. The van der Waals surface area contributed by atoms with Gasteiger partial charge in [-0.15, -0.1) is 0 Å². The minimum atomic E-state index is -0.458. The molecule has 0 spiro atoms. The van der Waals surface area contributed by atoms with E-state index in [2.05, 4.69) is 15.3 Å². The van der Waals surface area contributed by atoms with Gasteiger partial charge in [-0.05, 0) is 37.6 Å². The number of para-hydroxylation sites is 1. The number of hydrogen-bond donors (Lipinski definition) is 2. The van der Waals surface area contributed by atoms with Crippen molar-refractivity contribution in [1.82, 2.24) is 9.97 Å². The Bertz CT molecular complexity index is 542. The lowest BCUT2D eigenvalue weighted by Gasteiger charge is -2.24. The first kappa shape index (κ1) is 12.1. The Morgan fingerprint density at radius 1 is 1.29 bits per heavy atom. The summed E-state index contributed by atoms with van der Waals surface area (Å²) in [5.41, 5.74) is 0.323. The monoisotopic (exact) mass is 251 g/mol. The molecule has 2 rings (SSSR count). The molecule has 1 aromatic carbocycles. The van der Waals surface area contributed by atoms with Gasteiger partial charge in [-0.3, -0.25) is 0 Å². The Labute approximate surface area is 105 Å². The first-order valence-electron chi connectivity index (χ1n) is 5.33. The van der Waals surface area contributed by atoms with Crippen LogP contribution in [0.25, 0.3) is 10.9 Å². The van der Waals surface area contributed by atoms with Crippen LogP contribution in [0.4, 0.5) is 5.82 Å². The Balaban J connectivity index is 2.53. The van der Waals surface area contributed by atoms with E-state index in [1.165, 1.54) is 0 Å². The molecular formula is C12H14ClN3O. The quantitative estimate of drug-likeness (QED) is 0.823. The molecule has 90 valence electrons. The predicted octanol–water partition coefficient (Wildman–Crippen LogP) is 2.47. The molecule has 0 saturated carbocycles. The molecule has 0 unspecified atom stereocenters. The minimum Gasteiger partial charge on any atom is -0.394 e. The van der Waals surface area contributed by atoms with E-state index in [0.717, 1.165) is 10.9 Å². The van der Waals surface area contributed by atoms with E-state index < -0.39 is 5.54 Å². The van der Waals surface area contributed by atoms with E-state index in [4.69, 9.17) is 11.6 Å². The number of nitrogens with one attached hydrogen (secondary N) is 1. The minimum absolute atomic E-state index is 0.00293. The summed E-state index contributed by atoms with van der Waals surface area (Å²) in [6.45, 7) is 3.78. The molecule has 0 amide bonds. The maximum absolute atomic E-state index is 9.26. The lowest BCUT2D eigenvalue weighted by molar-refractivity contribution is 0.234. The smallest absolute Gasteiger partial charge is 0.224 e. The van der Waals surface area contributed by atoms with Gasteiger partial charge < -0.3 is 10.4 Å². The van der Waals surface area contributed by atoms with Gasteiger partial charge >= 0.3 is 0 Å². The SMILES string of the molecule is CC(C)(CO)Nc1nc(Cl)nc2ccccc12. The Morgan fingerprint density at radius 3 is 2.71 bits per heavy atom. The summed E-state index contributed by atoms with van der Waals surface area (Å²) in [6, 6.07) is 7.60. The summed E-state index contributed by atoms with van der Waals surface area (Å²) in [5, 5.41) is 13.5. The third-order valence-electron chi connectivity index (χ3n) is 2.43. The standard InChI is InChI=1S/C12H14ClN3O/c1-12(2,7-17)16-10-8-5-3-4-6-9(8)14-11(13)15-10/h3-6,17H,7H2,1-2H3,(H,14,15,16). The number of anilines is 1. The highest BCUT2D eigenvalue weighted by molar-refractivity contribution is 6.28. The van der Waals surface area contributed by atoms with Gasteiger partial charge in [-0.25, -0.2) is 9.97 Å². The summed E-state index contributed by atoms with van der Waals surface area (Å²) in [7, 11) is 0. The molecule has 2 aromatic rings. The van der Waals surface area contributed by atoms with Crippen LogP contribution >= 0.6 is 11.6 Å². The maximum atomic E-state index is 9.26. The highest BCUT2D eigenvalue weighted by Crippen LogP contribution is 2.24. The van der Waals surface area contributed by atoms with Crippen LogP contribution in [0.2, 0.25) is 5.28 Å². The van der Waals surface area contributed by atoms with Crippen molar-refractivity contribution in [3.8, 4) is 0 Å². The van der Waals surface area contributed by atoms with Gasteiger partial charge in [0, 0.05) is 5.39 Å². The second-order valence-electron chi connectivity index (χ2n) is 4.53. The van der Waals surface area contributed by atoms with Gasteiger partial charge in [0.2, 0.25) is 5.28 Å². The largest absolute Gasteiger partial charge is 0.394 e. The normalized spacial score (nSPS) is 11.8. The summed E-state index contributed by atoms with van der Waals surface area (Å²) < 4.78 is 0. The summed E-state index contributed by atoms with van der Waals surface area (Å²) >= 11 is 5.87. The van der Waals surface area contributed by atoms with Crippen molar-refractivity contribution in [3.05, 3.63) is 29.5 Å². The fourth-order valence-corrected chi connectivity index (χ4v) is 1.68. The molecule has 0 atom stereocenters. The number of nitrogens with zero attached hydrogens (tertiary/aromatic N) is 2. The number of halogens is 1. The van der Waals surface area contributed by atoms with E-state index in [-0.39, 0.29) is 11.9 Å². The molecule has 5 heteroatoms. The topological polar surface area (TPSA) is 58.0 Å². The van der Waals surface area contributed by atoms with Crippen LogP contribution in [0, 0.1) is 0 Å². The Morgan fingerprint density at radius 2 is 2.00 bits per heavy atom. The number of aromatic nitrogens is 2. The zero-order valence-electron chi connectivity index (χ0n) is 9.74. The third kappa shape index (κ3) is 2.65. The maximum Gasteiger partial charge on any atom is 0.224 e. The number of hydrogen-bond acceptors (Lipinski definition) is 4. The van der Waals surface area contributed by atoms with Gasteiger partial charge in [-0.2, -0.15) is 0 Å². The van der Waals surface area contributed by atoms with Crippen molar-refractivity contribution < 1.29 is 5.11 Å². The van der Waals surface area contributed by atoms with E-state index in [9.17, 15) is 5.11 Å². The number of aliphatic hydroxyl groups excluding tert-OH is 1. The second-order valence-corrected chi connectivity index (χ2v) is 4.86. The molecule has 0 saturated heterocycles. The summed E-state index contributed by atoms with van der Waals surface area (Å²) in [6.07, 6.45) is 0. The lowest BCUT2D eigenvalue weighted by Crippen LogP contribution is -2.35. The van der Waals surface area contributed by atoms with Crippen LogP contribution in [0.15, 0.2) is 24.3 Å². The van der Waals surface area contributed by atoms with Crippen LogP contribution in [0.5, 0.6) is 0 Å². The van der Waals surface area contributed by atoms with Crippen molar-refractivity contribution in [2.45, 2.75) is 19.4 Å². The molecular weight excluding hydrogens is 238 g/mol. The van der Waals surface area contributed by atoms with Crippen molar-refractivity contribution in [1.29, 1.82) is 0 Å². The second kappa shape index (κ2) is 4.47. The molecule has 0 aliphatic rings. The number of rotatable bonds is 3. The van der Waals surface area contributed by atoms with Crippen LogP contribution in [-0.4, -0.2) is 27.2 Å². The average Bonchev–Trinajstić information content (AvgIpc) is 2.28. The van der Waals surface area contributed by atoms with Crippen LogP contribution in [0.1, 0.15) is 13.8 Å². The van der Waals surface area contributed by atoms with Gasteiger partial charge in [0.05, 0.1) is 17.7 Å². The van der Waals surface area contributed by atoms with Crippen LogP contribution in [0.3, 0.4) is 0 Å². The first-order valence-corrected chi connectivity index (χ1v) is 5.71. The number of fused-ring (bicyclic) bond motifs is 1. The van der Waals surface area contributed by atoms with E-state index in [1.54, 1.807) is 0 Å². The Hall–Kier alpha value is -1.39. The molecule has 0 aliphatic heterocycles. The fraction of sp³-hybridized carbons (Fsp3) is 0.333. The lowest BCUT2D eigenvalue weighted by atomic mass is 10.1. The van der Waals surface area contributed by atoms with Crippen molar-refractivity contribution in [2.24, 2.45) is 0 Å². The van der Waals surface area contributed by atoms with Gasteiger partial charge in [0.1, 0.15) is 5.82 Å². The number of benzene rings is 1. The van der Waals surface area contributed by atoms with E-state index in [1.807, 2.05) is 38.1 Å². The van der Waals surface area contributed by atoms with Gasteiger partial charge in [0.25, 0.3) is 0 Å². The van der Waals surface area contributed by atoms with Crippen LogP contribution in [-0.2, 0) is 0 Å². The molecule has 1 heterocycles. The molecule has 0 aliphatic carbocycles. The van der Waals surface area contributed by atoms with Crippen LogP contribution < -0.4 is 5.32 Å². The molecule has 4 nitrogen and oxygen atoms in total. The Kier molecular flexibility index (Phi) is 3.17. The first-order chi connectivity index (χ1) is 8.02. The number of aliphatic hydroxyl groups is 1. The molecule has 1 aromatic heterocycles. The molecule has 0 fully saturated rings. The van der Waals surface area contributed by atoms with E-state index >= 15 is 0 Å². The molecule has 2 N–H and O–H groups in total. The van der Waals surface area contributed by atoms with Gasteiger partial charge in [-0.1, -0.05) is 12.1 Å². The predicted molar refractivity (Wildman–Crippen MR) is 69.3 cm³/mol. The van der Waals surface area contributed by atoms with Gasteiger partial charge in [0.15, 0.2) is 0 Å². The zero-order valence-corrected chi connectivity index (χ0v) is 10.5. The summed E-state index contributed by atoms with van der Waals surface area (Å²) in [4.78, 5) is 8.31. The molecule has 17 heavy (non-hydrogen) atoms. The molecule has 0 bridgehead atoms. The average molecular weight is 252 g/mol. The zero-order chi connectivity index (χ0) is 12.5. The fourth-order valence-electron chi connectivity index (χ4n) is 1.50. The van der Waals surface area contributed by atoms with E-state index in [0.29, 0.717) is 5.82 Å². The highest BCUT2D eigenvalue weighted by Gasteiger charge is 2.18. The van der Waals surface area contributed by atoms with Crippen molar-refractivity contribution >= 4 is 28.3 Å². The molecule has 0 radical (unpaired) electrons. The van der Waals surface area contributed by atoms with Crippen molar-refractivity contribution in [3.63, 3.8) is 0 Å². The summed E-state index contributed by atoms with van der Waals surface area (Å²) in [5.74, 6) is 0.639. The highest BCUT2D eigenvalue weighted by atomic mass is 35.5. The van der Waals surface area contributed by atoms with Crippen molar-refractivity contribution in [2.75, 3.05) is 11.9 Å².